The van der Waals surface area contributed by atoms with Gasteiger partial charge in [0.2, 0.25) is 0 Å². The van der Waals surface area contributed by atoms with Gasteiger partial charge in [-0.1, -0.05) is 42.5 Å². The molecule has 0 bridgehead atoms. The van der Waals surface area contributed by atoms with Crippen molar-refractivity contribution in [2.45, 2.75) is 14.7 Å². The minimum atomic E-state index is -0.383. The van der Waals surface area contributed by atoms with Gasteiger partial charge in [0.25, 0.3) is 0 Å². The molecule has 30 heavy (non-hydrogen) atoms. The van der Waals surface area contributed by atoms with E-state index >= 15 is 0 Å². The summed E-state index contributed by atoms with van der Waals surface area (Å²) >= 11 is 0. The standard InChI is InChI=1S/C26H21O3S/c1-28-21-15-17-22(18-16-21)29-26(27)20-9-8-14-25(19-20)30(23-10-4-2-5-11-23)24-12-6-3-7-13-24/h2-19H,1H3/q+1. The Morgan fingerprint density at radius 2 is 1.17 bits per heavy atom. The molecule has 0 atom stereocenters. The van der Waals surface area contributed by atoms with Crippen molar-refractivity contribution in [2.75, 3.05) is 7.11 Å². The first-order chi connectivity index (χ1) is 14.7. The van der Waals surface area contributed by atoms with Gasteiger partial charge in [-0.25, -0.2) is 4.79 Å². The van der Waals surface area contributed by atoms with Crippen LogP contribution in [0.1, 0.15) is 10.4 Å². The molecule has 148 valence electrons. The third-order valence-electron chi connectivity index (χ3n) is 4.53. The molecule has 0 saturated heterocycles. The fourth-order valence-corrected chi connectivity index (χ4v) is 5.22. The molecular formula is C26H21O3S+. The predicted molar refractivity (Wildman–Crippen MR) is 119 cm³/mol. The maximum Gasteiger partial charge on any atom is 0.343 e. The van der Waals surface area contributed by atoms with E-state index in [-0.39, 0.29) is 16.9 Å². The average Bonchev–Trinajstić information content (AvgIpc) is 2.81. The Balaban J connectivity index is 1.65. The summed E-state index contributed by atoms with van der Waals surface area (Å²) in [6.45, 7) is 0. The fourth-order valence-electron chi connectivity index (χ4n) is 3.08. The van der Waals surface area contributed by atoms with Crippen LogP contribution < -0.4 is 9.47 Å². The summed E-state index contributed by atoms with van der Waals surface area (Å²) in [6.07, 6.45) is 0. The molecule has 0 aliphatic carbocycles. The third kappa shape index (κ3) is 4.56. The Hall–Kier alpha value is -3.50. The third-order valence-corrected chi connectivity index (χ3v) is 6.75. The topological polar surface area (TPSA) is 35.5 Å². The van der Waals surface area contributed by atoms with Gasteiger partial charge in [-0.3, -0.25) is 0 Å². The summed E-state index contributed by atoms with van der Waals surface area (Å²) in [4.78, 5) is 16.2. The van der Waals surface area contributed by atoms with Gasteiger partial charge >= 0.3 is 5.97 Å². The summed E-state index contributed by atoms with van der Waals surface area (Å²) in [5.74, 6) is 0.814. The fraction of sp³-hybridized carbons (Fsp3) is 0.0385. The molecule has 0 amide bonds. The summed E-state index contributed by atoms with van der Waals surface area (Å²) in [6, 6.07) is 35.3. The van der Waals surface area contributed by atoms with E-state index in [4.69, 9.17) is 9.47 Å². The largest absolute Gasteiger partial charge is 0.497 e. The van der Waals surface area contributed by atoms with E-state index in [0.717, 1.165) is 4.90 Å². The highest BCUT2D eigenvalue weighted by molar-refractivity contribution is 7.97. The van der Waals surface area contributed by atoms with E-state index in [0.29, 0.717) is 17.1 Å². The van der Waals surface area contributed by atoms with Gasteiger partial charge in [0, 0.05) is 6.07 Å². The molecule has 0 heterocycles. The second-order valence-electron chi connectivity index (χ2n) is 6.53. The number of rotatable bonds is 6. The average molecular weight is 414 g/mol. The van der Waals surface area contributed by atoms with E-state index in [1.165, 1.54) is 9.79 Å². The lowest BCUT2D eigenvalue weighted by Gasteiger charge is -2.09. The molecule has 4 heteroatoms. The second-order valence-corrected chi connectivity index (χ2v) is 8.55. The number of hydrogen-bond acceptors (Lipinski definition) is 3. The molecule has 0 spiro atoms. The molecule has 3 nitrogen and oxygen atoms in total. The van der Waals surface area contributed by atoms with E-state index in [2.05, 4.69) is 30.3 Å². The zero-order chi connectivity index (χ0) is 20.8. The quantitative estimate of drug-likeness (QED) is 0.221. The van der Waals surface area contributed by atoms with Crippen LogP contribution in [-0.4, -0.2) is 13.1 Å². The minimum Gasteiger partial charge on any atom is -0.497 e. The van der Waals surface area contributed by atoms with Crippen LogP contribution >= 0.6 is 0 Å². The van der Waals surface area contributed by atoms with Crippen molar-refractivity contribution in [1.29, 1.82) is 0 Å². The molecule has 4 rings (SSSR count). The molecule has 4 aromatic carbocycles. The lowest BCUT2D eigenvalue weighted by molar-refractivity contribution is 0.0734. The van der Waals surface area contributed by atoms with E-state index < -0.39 is 0 Å². The predicted octanol–water partition coefficient (Wildman–Crippen LogP) is 6.01. The molecule has 0 N–H and O–H groups in total. The molecule has 0 aliphatic heterocycles. The number of hydrogen-bond donors (Lipinski definition) is 0. The van der Waals surface area contributed by atoms with Crippen LogP contribution in [0.15, 0.2) is 124 Å². The van der Waals surface area contributed by atoms with Gasteiger partial charge in [-0.15, -0.1) is 0 Å². The summed E-state index contributed by atoms with van der Waals surface area (Å²) in [7, 11) is 1.28. The van der Waals surface area contributed by atoms with E-state index in [9.17, 15) is 4.79 Å². The first-order valence-corrected chi connectivity index (χ1v) is 10.8. The lowest BCUT2D eigenvalue weighted by Crippen LogP contribution is -2.10. The molecule has 0 fully saturated rings. The highest BCUT2D eigenvalue weighted by Gasteiger charge is 2.29. The maximum absolute atomic E-state index is 12.8. The van der Waals surface area contributed by atoms with Crippen LogP contribution in [0.25, 0.3) is 0 Å². The van der Waals surface area contributed by atoms with Crippen molar-refractivity contribution < 1.29 is 14.3 Å². The number of benzene rings is 4. The monoisotopic (exact) mass is 413 g/mol. The van der Waals surface area contributed by atoms with Gasteiger partial charge in [-0.05, 0) is 60.7 Å². The van der Waals surface area contributed by atoms with Crippen LogP contribution in [0.5, 0.6) is 11.5 Å². The Morgan fingerprint density at radius 3 is 1.73 bits per heavy atom. The Morgan fingerprint density at radius 1 is 0.633 bits per heavy atom. The van der Waals surface area contributed by atoms with Crippen molar-refractivity contribution in [2.24, 2.45) is 0 Å². The van der Waals surface area contributed by atoms with Crippen molar-refractivity contribution in [3.05, 3.63) is 115 Å². The summed E-state index contributed by atoms with van der Waals surface area (Å²) < 4.78 is 10.7. The molecule has 0 aliphatic rings. The smallest absolute Gasteiger partial charge is 0.343 e. The molecule has 0 aromatic heterocycles. The number of esters is 1. The van der Waals surface area contributed by atoms with E-state index in [1.54, 1.807) is 37.4 Å². The van der Waals surface area contributed by atoms with Crippen LogP contribution in [-0.2, 0) is 10.9 Å². The van der Waals surface area contributed by atoms with Crippen LogP contribution in [0.4, 0.5) is 0 Å². The van der Waals surface area contributed by atoms with Crippen molar-refractivity contribution >= 4 is 16.9 Å². The Kier molecular flexibility index (Phi) is 6.16. The summed E-state index contributed by atoms with van der Waals surface area (Å²) in [5, 5.41) is 0. The van der Waals surface area contributed by atoms with Gasteiger partial charge < -0.3 is 9.47 Å². The number of ether oxygens (including phenoxy) is 2. The van der Waals surface area contributed by atoms with Crippen molar-refractivity contribution in [3.8, 4) is 11.5 Å². The van der Waals surface area contributed by atoms with E-state index in [1.807, 2.05) is 48.5 Å². The zero-order valence-electron chi connectivity index (χ0n) is 16.5. The number of carbonyl (C=O) groups is 1. The van der Waals surface area contributed by atoms with Crippen LogP contribution in [0.3, 0.4) is 0 Å². The van der Waals surface area contributed by atoms with Gasteiger partial charge in [0.1, 0.15) is 11.5 Å². The lowest BCUT2D eigenvalue weighted by atomic mass is 10.2. The second kappa shape index (κ2) is 9.33. The zero-order valence-corrected chi connectivity index (χ0v) is 17.3. The molecular weight excluding hydrogens is 392 g/mol. The summed E-state index contributed by atoms with van der Waals surface area (Å²) in [5.41, 5.74) is 0.521. The van der Waals surface area contributed by atoms with Crippen molar-refractivity contribution in [3.63, 3.8) is 0 Å². The molecule has 0 saturated carbocycles. The molecule has 4 aromatic rings. The van der Waals surface area contributed by atoms with Gasteiger partial charge in [0.05, 0.1) is 23.6 Å². The van der Waals surface area contributed by atoms with Crippen LogP contribution in [0, 0.1) is 0 Å². The number of carbonyl (C=O) groups excluding carboxylic acids is 1. The Bertz CT molecular complexity index is 1070. The van der Waals surface area contributed by atoms with Crippen LogP contribution in [0.2, 0.25) is 0 Å². The molecule has 0 unspecified atom stereocenters. The first kappa shape index (κ1) is 19.8. The maximum atomic E-state index is 12.8. The highest BCUT2D eigenvalue weighted by Crippen LogP contribution is 2.31. The minimum absolute atomic E-state index is 0.317. The normalized spacial score (nSPS) is 10.6. The van der Waals surface area contributed by atoms with Gasteiger partial charge in [0.15, 0.2) is 14.7 Å². The number of methoxy groups -OCH3 is 1. The SMILES string of the molecule is COc1ccc(OC(=O)c2cccc([S+](c3ccccc3)c3ccccc3)c2)cc1. The first-order valence-electron chi connectivity index (χ1n) is 9.55. The molecule has 0 radical (unpaired) electrons. The highest BCUT2D eigenvalue weighted by atomic mass is 32.2. The van der Waals surface area contributed by atoms with Gasteiger partial charge in [-0.2, -0.15) is 0 Å². The Labute approximate surface area is 179 Å². The van der Waals surface area contributed by atoms with Crippen molar-refractivity contribution in [1.82, 2.24) is 0 Å².